The van der Waals surface area contributed by atoms with Crippen LogP contribution in [0.4, 0.5) is 0 Å². The third-order valence-corrected chi connectivity index (χ3v) is 3.88. The lowest BCUT2D eigenvalue weighted by molar-refractivity contribution is -0.147. The molecule has 2 atom stereocenters. The van der Waals surface area contributed by atoms with Gasteiger partial charge in [0.15, 0.2) is 0 Å². The molecule has 0 aliphatic heterocycles. The maximum atomic E-state index is 12.4. The minimum absolute atomic E-state index is 0.307. The molecule has 2 amide bonds. The third kappa shape index (κ3) is 4.91. The van der Waals surface area contributed by atoms with Crippen molar-refractivity contribution >= 4 is 27.7 Å². The lowest BCUT2D eigenvalue weighted by Crippen LogP contribution is -2.47. The van der Waals surface area contributed by atoms with Crippen LogP contribution in [0.5, 0.6) is 0 Å². The first-order chi connectivity index (χ1) is 9.88. The molecule has 1 rings (SSSR count). The number of amides is 2. The van der Waals surface area contributed by atoms with Crippen molar-refractivity contribution in [3.63, 3.8) is 0 Å². The lowest BCUT2D eigenvalue weighted by Gasteiger charge is -2.29. The molecule has 6 heteroatoms. The SMILES string of the molecule is CC(=O)N(C(=O)C(N)CCCN)C(C)c1ccc(Br)cc1. The van der Waals surface area contributed by atoms with Gasteiger partial charge in [-0.25, -0.2) is 0 Å². The third-order valence-electron chi connectivity index (χ3n) is 3.35. The fourth-order valence-corrected chi connectivity index (χ4v) is 2.41. The largest absolute Gasteiger partial charge is 0.330 e. The van der Waals surface area contributed by atoms with Gasteiger partial charge in [-0.05, 0) is 44.0 Å². The summed E-state index contributed by atoms with van der Waals surface area (Å²) in [5, 5.41) is 0. The predicted octanol–water partition coefficient (Wildman–Crippen LogP) is 1.95. The maximum absolute atomic E-state index is 12.4. The van der Waals surface area contributed by atoms with Gasteiger partial charge < -0.3 is 11.5 Å². The van der Waals surface area contributed by atoms with Gasteiger partial charge in [0.2, 0.25) is 11.8 Å². The molecule has 21 heavy (non-hydrogen) atoms. The lowest BCUT2D eigenvalue weighted by atomic mass is 10.0. The minimum Gasteiger partial charge on any atom is -0.330 e. The molecule has 5 nitrogen and oxygen atoms in total. The normalized spacial score (nSPS) is 13.6. The number of benzene rings is 1. The van der Waals surface area contributed by atoms with Crippen molar-refractivity contribution in [1.82, 2.24) is 4.90 Å². The number of carbonyl (C=O) groups excluding carboxylic acids is 2. The van der Waals surface area contributed by atoms with Crippen LogP contribution in [0.1, 0.15) is 38.3 Å². The van der Waals surface area contributed by atoms with E-state index in [9.17, 15) is 9.59 Å². The quantitative estimate of drug-likeness (QED) is 0.815. The molecule has 0 aliphatic rings. The summed E-state index contributed by atoms with van der Waals surface area (Å²) >= 11 is 3.36. The van der Waals surface area contributed by atoms with E-state index in [0.29, 0.717) is 19.4 Å². The fraction of sp³-hybridized carbons (Fsp3) is 0.467. The minimum atomic E-state index is -0.699. The van der Waals surface area contributed by atoms with Crippen molar-refractivity contribution < 1.29 is 9.59 Å². The molecule has 0 bridgehead atoms. The topological polar surface area (TPSA) is 89.4 Å². The second-order valence-electron chi connectivity index (χ2n) is 4.99. The van der Waals surface area contributed by atoms with E-state index in [1.54, 1.807) is 0 Å². The zero-order valence-electron chi connectivity index (χ0n) is 12.4. The van der Waals surface area contributed by atoms with Crippen molar-refractivity contribution in [2.75, 3.05) is 6.54 Å². The summed E-state index contributed by atoms with van der Waals surface area (Å²) in [6.07, 6.45) is 1.14. The standard InChI is InChI=1S/C15H22BrN3O2/c1-10(12-5-7-13(16)8-6-12)19(11(2)20)15(21)14(18)4-3-9-17/h5-8,10,14H,3-4,9,17-18H2,1-2H3. The number of hydrogen-bond donors (Lipinski definition) is 2. The second kappa shape index (κ2) is 8.26. The first kappa shape index (κ1) is 17.8. The summed E-state index contributed by atoms with van der Waals surface area (Å²) < 4.78 is 0.943. The number of rotatable bonds is 6. The van der Waals surface area contributed by atoms with E-state index in [4.69, 9.17) is 11.5 Å². The van der Waals surface area contributed by atoms with E-state index >= 15 is 0 Å². The van der Waals surface area contributed by atoms with Crippen LogP contribution in [0.15, 0.2) is 28.7 Å². The monoisotopic (exact) mass is 355 g/mol. The smallest absolute Gasteiger partial charge is 0.246 e. The molecule has 0 saturated heterocycles. The van der Waals surface area contributed by atoms with Crippen LogP contribution in [0.25, 0.3) is 0 Å². The Morgan fingerprint density at radius 1 is 1.29 bits per heavy atom. The van der Waals surface area contributed by atoms with Crippen molar-refractivity contribution in [3.05, 3.63) is 34.3 Å². The van der Waals surface area contributed by atoms with Crippen LogP contribution in [0.3, 0.4) is 0 Å². The van der Waals surface area contributed by atoms with Crippen molar-refractivity contribution in [2.24, 2.45) is 11.5 Å². The Morgan fingerprint density at radius 2 is 1.86 bits per heavy atom. The first-order valence-corrected chi connectivity index (χ1v) is 7.72. The highest BCUT2D eigenvalue weighted by Crippen LogP contribution is 2.23. The molecule has 0 radical (unpaired) electrons. The Hall–Kier alpha value is -1.24. The van der Waals surface area contributed by atoms with Gasteiger partial charge >= 0.3 is 0 Å². The number of nitrogens with zero attached hydrogens (tertiary/aromatic N) is 1. The highest BCUT2D eigenvalue weighted by atomic mass is 79.9. The first-order valence-electron chi connectivity index (χ1n) is 6.93. The van der Waals surface area contributed by atoms with Crippen LogP contribution in [-0.2, 0) is 9.59 Å². The average Bonchev–Trinajstić information content (AvgIpc) is 2.44. The Balaban J connectivity index is 2.92. The number of nitrogens with two attached hydrogens (primary N) is 2. The maximum Gasteiger partial charge on any atom is 0.246 e. The average molecular weight is 356 g/mol. The Morgan fingerprint density at radius 3 is 2.33 bits per heavy atom. The summed E-state index contributed by atoms with van der Waals surface area (Å²) in [5.41, 5.74) is 12.2. The summed E-state index contributed by atoms with van der Waals surface area (Å²) in [6.45, 7) is 3.67. The van der Waals surface area contributed by atoms with E-state index in [1.165, 1.54) is 11.8 Å². The van der Waals surface area contributed by atoms with Crippen molar-refractivity contribution in [1.29, 1.82) is 0 Å². The molecule has 0 fully saturated rings. The van der Waals surface area contributed by atoms with E-state index in [0.717, 1.165) is 10.0 Å². The van der Waals surface area contributed by atoms with Gasteiger partial charge in [0.05, 0.1) is 12.1 Å². The summed E-state index contributed by atoms with van der Waals surface area (Å²) in [4.78, 5) is 25.5. The molecule has 0 heterocycles. The van der Waals surface area contributed by atoms with E-state index in [2.05, 4.69) is 15.9 Å². The van der Waals surface area contributed by atoms with E-state index < -0.39 is 6.04 Å². The highest BCUT2D eigenvalue weighted by Gasteiger charge is 2.29. The highest BCUT2D eigenvalue weighted by molar-refractivity contribution is 9.10. The number of imide groups is 1. The van der Waals surface area contributed by atoms with Gasteiger partial charge in [0.1, 0.15) is 0 Å². The van der Waals surface area contributed by atoms with E-state index in [1.807, 2.05) is 31.2 Å². The van der Waals surface area contributed by atoms with Gasteiger partial charge in [-0.2, -0.15) is 0 Å². The summed E-state index contributed by atoms with van der Waals surface area (Å²) in [5.74, 6) is -0.662. The molecule has 0 spiro atoms. The molecular formula is C15H22BrN3O2. The molecular weight excluding hydrogens is 334 g/mol. The molecule has 2 unspecified atom stereocenters. The zero-order valence-corrected chi connectivity index (χ0v) is 14.0. The number of halogens is 1. The second-order valence-corrected chi connectivity index (χ2v) is 5.91. The van der Waals surface area contributed by atoms with Crippen LogP contribution in [0.2, 0.25) is 0 Å². The number of hydrogen-bond acceptors (Lipinski definition) is 4. The van der Waals surface area contributed by atoms with Gasteiger partial charge in [-0.15, -0.1) is 0 Å². The van der Waals surface area contributed by atoms with Gasteiger partial charge in [-0.1, -0.05) is 28.1 Å². The Labute approximate surface area is 133 Å². The molecule has 0 aromatic heterocycles. The van der Waals surface area contributed by atoms with Crippen LogP contribution < -0.4 is 11.5 Å². The molecule has 0 saturated carbocycles. The predicted molar refractivity (Wildman–Crippen MR) is 86.3 cm³/mol. The zero-order chi connectivity index (χ0) is 16.0. The molecule has 116 valence electrons. The Bertz CT molecular complexity index is 490. The molecule has 4 N–H and O–H groups in total. The fourth-order valence-electron chi connectivity index (χ4n) is 2.15. The molecule has 1 aromatic carbocycles. The van der Waals surface area contributed by atoms with Gasteiger partial charge in [0.25, 0.3) is 0 Å². The summed E-state index contributed by atoms with van der Waals surface area (Å²) in [7, 11) is 0. The van der Waals surface area contributed by atoms with Gasteiger partial charge in [-0.3, -0.25) is 14.5 Å². The van der Waals surface area contributed by atoms with Gasteiger partial charge in [0, 0.05) is 11.4 Å². The Kier molecular flexibility index (Phi) is 7.01. The van der Waals surface area contributed by atoms with Crippen molar-refractivity contribution in [3.8, 4) is 0 Å². The summed E-state index contributed by atoms with van der Waals surface area (Å²) in [6, 6.07) is 6.46. The van der Waals surface area contributed by atoms with Crippen LogP contribution >= 0.6 is 15.9 Å². The van der Waals surface area contributed by atoms with Crippen LogP contribution in [0, 0.1) is 0 Å². The molecule has 0 aliphatic carbocycles. The number of carbonyl (C=O) groups is 2. The van der Waals surface area contributed by atoms with Crippen molar-refractivity contribution in [2.45, 2.75) is 38.8 Å². The van der Waals surface area contributed by atoms with Crippen LogP contribution in [-0.4, -0.2) is 29.3 Å². The van der Waals surface area contributed by atoms with E-state index in [-0.39, 0.29) is 17.9 Å². The molecule has 1 aromatic rings.